The Morgan fingerprint density at radius 3 is 2.47 bits per heavy atom. The molecule has 0 radical (unpaired) electrons. The van der Waals surface area contributed by atoms with E-state index in [4.69, 9.17) is 4.99 Å². The molecule has 1 aromatic carbocycles. The molecule has 1 aromatic heterocycles. The van der Waals surface area contributed by atoms with Gasteiger partial charge in [-0.1, -0.05) is 30.3 Å². The monoisotopic (exact) mass is 437 g/mol. The topological polar surface area (TPSA) is 89.5 Å². The van der Waals surface area contributed by atoms with E-state index in [9.17, 15) is 4.79 Å². The molecule has 2 aromatic rings. The number of H-pyrrole nitrogens is 1. The quantitative estimate of drug-likeness (QED) is 0.535. The van der Waals surface area contributed by atoms with Gasteiger partial charge in [-0.15, -0.1) is 0 Å². The van der Waals surface area contributed by atoms with E-state index in [0.29, 0.717) is 11.8 Å². The summed E-state index contributed by atoms with van der Waals surface area (Å²) in [5, 5.41) is 10.3. The first-order valence-electron chi connectivity index (χ1n) is 11.9. The lowest BCUT2D eigenvalue weighted by Gasteiger charge is -2.34. The highest BCUT2D eigenvalue weighted by Gasteiger charge is 2.26. The maximum absolute atomic E-state index is 12.8. The standard InChI is InChI=1S/C24H35N7O/c1-2-25-24(31-14-10-21(11-15-31)23-27-18-28-29-23)26-17-22(32)30-12-8-20(9-13-30)16-19-6-4-3-5-7-19/h3-7,18,20-21H,2,8-17H2,1H3,(H,25,26)(H,27,28,29). The van der Waals surface area contributed by atoms with Crippen LogP contribution in [0.4, 0.5) is 0 Å². The lowest BCUT2D eigenvalue weighted by molar-refractivity contribution is -0.131. The summed E-state index contributed by atoms with van der Waals surface area (Å²) in [6.07, 6.45) is 6.82. The fourth-order valence-electron chi connectivity index (χ4n) is 4.78. The van der Waals surface area contributed by atoms with Crippen LogP contribution in [-0.4, -0.2) is 76.1 Å². The van der Waals surface area contributed by atoms with Gasteiger partial charge in [0.15, 0.2) is 5.96 Å². The summed E-state index contributed by atoms with van der Waals surface area (Å²) in [5.74, 6) is 3.02. The van der Waals surface area contributed by atoms with Crippen molar-refractivity contribution in [1.82, 2.24) is 30.3 Å². The van der Waals surface area contributed by atoms with Crippen molar-refractivity contribution in [3.63, 3.8) is 0 Å². The molecule has 2 fully saturated rings. The van der Waals surface area contributed by atoms with Gasteiger partial charge >= 0.3 is 0 Å². The van der Waals surface area contributed by atoms with Crippen LogP contribution in [0.5, 0.6) is 0 Å². The van der Waals surface area contributed by atoms with Crippen LogP contribution < -0.4 is 5.32 Å². The Morgan fingerprint density at radius 2 is 1.81 bits per heavy atom. The largest absolute Gasteiger partial charge is 0.357 e. The summed E-state index contributed by atoms with van der Waals surface area (Å²) < 4.78 is 0. The number of benzene rings is 1. The van der Waals surface area contributed by atoms with Crippen molar-refractivity contribution in [3.8, 4) is 0 Å². The van der Waals surface area contributed by atoms with E-state index in [1.807, 2.05) is 4.90 Å². The number of nitrogens with zero attached hydrogens (tertiary/aromatic N) is 5. The number of nitrogens with one attached hydrogen (secondary N) is 2. The molecule has 1 amide bonds. The summed E-state index contributed by atoms with van der Waals surface area (Å²) in [6, 6.07) is 10.7. The zero-order valence-electron chi connectivity index (χ0n) is 19.0. The number of likely N-dealkylation sites (tertiary alicyclic amines) is 2. The van der Waals surface area contributed by atoms with Crippen molar-refractivity contribution in [2.24, 2.45) is 10.9 Å². The predicted molar refractivity (Wildman–Crippen MR) is 125 cm³/mol. The normalized spacial score (nSPS) is 18.7. The maximum Gasteiger partial charge on any atom is 0.244 e. The Hall–Kier alpha value is -2.90. The van der Waals surface area contributed by atoms with Gasteiger partial charge in [-0.25, -0.2) is 9.98 Å². The van der Waals surface area contributed by atoms with Crippen LogP contribution in [0.3, 0.4) is 0 Å². The number of carbonyl (C=O) groups is 1. The lowest BCUT2D eigenvalue weighted by atomic mass is 9.90. The van der Waals surface area contributed by atoms with Crippen molar-refractivity contribution in [2.45, 2.75) is 44.9 Å². The zero-order chi connectivity index (χ0) is 22.2. The first kappa shape index (κ1) is 22.3. The van der Waals surface area contributed by atoms with E-state index in [1.54, 1.807) is 6.33 Å². The first-order chi connectivity index (χ1) is 15.7. The molecule has 0 spiro atoms. The number of hydrogen-bond donors (Lipinski definition) is 2. The first-order valence-corrected chi connectivity index (χ1v) is 11.9. The van der Waals surface area contributed by atoms with E-state index < -0.39 is 0 Å². The molecular formula is C24H35N7O. The fraction of sp³-hybridized carbons (Fsp3) is 0.583. The molecule has 172 valence electrons. The molecule has 0 unspecified atom stereocenters. The zero-order valence-corrected chi connectivity index (χ0v) is 19.0. The second-order valence-electron chi connectivity index (χ2n) is 8.82. The Balaban J connectivity index is 1.25. The van der Waals surface area contributed by atoms with Crippen LogP contribution in [-0.2, 0) is 11.2 Å². The van der Waals surface area contributed by atoms with Crippen molar-refractivity contribution in [3.05, 3.63) is 48.0 Å². The summed E-state index contributed by atoms with van der Waals surface area (Å²) in [5.41, 5.74) is 1.39. The van der Waals surface area contributed by atoms with Crippen LogP contribution in [0.2, 0.25) is 0 Å². The molecule has 0 atom stereocenters. The fourth-order valence-corrected chi connectivity index (χ4v) is 4.78. The van der Waals surface area contributed by atoms with Gasteiger partial charge in [0.1, 0.15) is 18.7 Å². The minimum Gasteiger partial charge on any atom is -0.357 e. The Bertz CT molecular complexity index is 852. The van der Waals surface area contributed by atoms with E-state index in [1.165, 1.54) is 5.56 Å². The predicted octanol–water partition coefficient (Wildman–Crippen LogP) is 2.43. The SMILES string of the molecule is CCNC(=NCC(=O)N1CCC(Cc2ccccc2)CC1)N1CCC(c2ncn[nH]2)CC1. The number of aromatic nitrogens is 3. The molecule has 0 bridgehead atoms. The summed E-state index contributed by atoms with van der Waals surface area (Å²) >= 11 is 0. The average molecular weight is 438 g/mol. The van der Waals surface area contributed by atoms with Crippen molar-refractivity contribution in [1.29, 1.82) is 0 Å². The van der Waals surface area contributed by atoms with E-state index in [-0.39, 0.29) is 12.5 Å². The van der Waals surface area contributed by atoms with Gasteiger partial charge in [-0.3, -0.25) is 9.89 Å². The molecule has 3 heterocycles. The Kier molecular flexibility index (Phi) is 7.74. The average Bonchev–Trinajstić information content (AvgIpc) is 3.38. The maximum atomic E-state index is 12.8. The van der Waals surface area contributed by atoms with Gasteiger partial charge in [0.05, 0.1) is 0 Å². The molecule has 2 aliphatic rings. The van der Waals surface area contributed by atoms with E-state index >= 15 is 0 Å². The number of amides is 1. The second-order valence-corrected chi connectivity index (χ2v) is 8.82. The Morgan fingerprint density at radius 1 is 1.09 bits per heavy atom. The molecular weight excluding hydrogens is 402 g/mol. The number of piperidine rings is 2. The Labute approximate surface area is 190 Å². The molecule has 8 heteroatoms. The van der Waals surface area contributed by atoms with Gasteiger partial charge < -0.3 is 15.1 Å². The molecule has 2 aliphatic heterocycles. The van der Waals surface area contributed by atoms with Gasteiger partial charge in [0, 0.05) is 38.6 Å². The van der Waals surface area contributed by atoms with Crippen LogP contribution in [0, 0.1) is 5.92 Å². The number of carbonyl (C=O) groups excluding carboxylic acids is 1. The van der Waals surface area contributed by atoms with E-state index in [0.717, 1.165) is 76.6 Å². The number of rotatable bonds is 6. The van der Waals surface area contributed by atoms with Gasteiger partial charge in [-0.05, 0) is 50.5 Å². The smallest absolute Gasteiger partial charge is 0.244 e. The molecule has 8 nitrogen and oxygen atoms in total. The highest BCUT2D eigenvalue weighted by atomic mass is 16.2. The third-order valence-electron chi connectivity index (χ3n) is 6.65. The van der Waals surface area contributed by atoms with Gasteiger partial charge in [0.25, 0.3) is 0 Å². The minimum atomic E-state index is 0.134. The minimum absolute atomic E-state index is 0.134. The van der Waals surface area contributed by atoms with Crippen LogP contribution in [0.25, 0.3) is 0 Å². The molecule has 2 saturated heterocycles. The summed E-state index contributed by atoms with van der Waals surface area (Å²) in [7, 11) is 0. The number of hydrogen-bond acceptors (Lipinski definition) is 4. The van der Waals surface area contributed by atoms with E-state index in [2.05, 4.69) is 62.7 Å². The third kappa shape index (κ3) is 5.87. The van der Waals surface area contributed by atoms with Crippen LogP contribution in [0.15, 0.2) is 41.7 Å². The van der Waals surface area contributed by atoms with Crippen molar-refractivity contribution in [2.75, 3.05) is 39.3 Å². The highest BCUT2D eigenvalue weighted by molar-refractivity contribution is 5.85. The lowest BCUT2D eigenvalue weighted by Crippen LogP contribution is -2.46. The summed E-state index contributed by atoms with van der Waals surface area (Å²) in [6.45, 7) is 6.55. The molecule has 32 heavy (non-hydrogen) atoms. The van der Waals surface area contributed by atoms with Gasteiger partial charge in [-0.2, -0.15) is 5.10 Å². The molecule has 0 saturated carbocycles. The summed E-state index contributed by atoms with van der Waals surface area (Å²) in [4.78, 5) is 26.1. The molecule has 2 N–H and O–H groups in total. The molecule has 0 aliphatic carbocycles. The number of aromatic amines is 1. The van der Waals surface area contributed by atoms with Crippen LogP contribution >= 0.6 is 0 Å². The third-order valence-corrected chi connectivity index (χ3v) is 6.65. The van der Waals surface area contributed by atoms with Crippen molar-refractivity contribution < 1.29 is 4.79 Å². The number of guanidine groups is 1. The van der Waals surface area contributed by atoms with Crippen molar-refractivity contribution >= 4 is 11.9 Å². The number of aliphatic imine (C=N–C) groups is 1. The molecule has 4 rings (SSSR count). The highest BCUT2D eigenvalue weighted by Crippen LogP contribution is 2.25. The van der Waals surface area contributed by atoms with Crippen LogP contribution in [0.1, 0.15) is 49.9 Å². The van der Waals surface area contributed by atoms with Gasteiger partial charge in [0.2, 0.25) is 5.91 Å². The second kappa shape index (κ2) is 11.1.